The lowest BCUT2D eigenvalue weighted by Gasteiger charge is -2.36. The predicted molar refractivity (Wildman–Crippen MR) is 74.6 cm³/mol. The Hall–Kier alpha value is -1.43. The van der Waals surface area contributed by atoms with E-state index in [0.717, 1.165) is 5.69 Å². The summed E-state index contributed by atoms with van der Waals surface area (Å²) in [6, 6.07) is 5.35. The van der Waals surface area contributed by atoms with Crippen molar-refractivity contribution >= 4 is 5.69 Å². The molecule has 0 aromatic heterocycles. The molecule has 1 aliphatic rings. The highest BCUT2D eigenvalue weighted by Gasteiger charge is 2.41. The van der Waals surface area contributed by atoms with Gasteiger partial charge < -0.3 is 14.7 Å². The summed E-state index contributed by atoms with van der Waals surface area (Å²) in [5, 5.41) is 9.94. The summed E-state index contributed by atoms with van der Waals surface area (Å²) in [4.78, 5) is 1.90. The van der Waals surface area contributed by atoms with Gasteiger partial charge in [0, 0.05) is 24.3 Å². The number of aliphatic hydroxyl groups is 1. The van der Waals surface area contributed by atoms with Gasteiger partial charge in [0.25, 0.3) is 0 Å². The molecule has 1 aliphatic heterocycles. The summed E-state index contributed by atoms with van der Waals surface area (Å²) in [7, 11) is 1.51. The third-order valence-corrected chi connectivity index (χ3v) is 3.98. The minimum Gasteiger partial charge on any atom is -0.496 e. The first kappa shape index (κ1) is 15.9. The molecule has 2 rings (SSSR count). The second-order valence-electron chi connectivity index (χ2n) is 5.37. The number of hydrogen-bond acceptors (Lipinski definition) is 3. The number of alkyl halides is 3. The van der Waals surface area contributed by atoms with E-state index in [-0.39, 0.29) is 12.8 Å². The van der Waals surface area contributed by atoms with Crippen LogP contribution in [0.4, 0.5) is 18.9 Å². The largest absolute Gasteiger partial charge is 0.496 e. The van der Waals surface area contributed by atoms with E-state index in [1.807, 2.05) is 11.0 Å². The number of halogens is 3. The molecule has 1 heterocycles. The molecule has 1 aromatic rings. The van der Waals surface area contributed by atoms with Crippen LogP contribution in [0.2, 0.25) is 0 Å². The fraction of sp³-hybridized carbons (Fsp3) is 0.600. The maximum atomic E-state index is 12.7. The van der Waals surface area contributed by atoms with Gasteiger partial charge in [-0.1, -0.05) is 6.07 Å². The molecule has 6 heteroatoms. The van der Waals surface area contributed by atoms with E-state index < -0.39 is 18.2 Å². The first-order valence-electron chi connectivity index (χ1n) is 7.01. The molecule has 1 N–H and O–H groups in total. The van der Waals surface area contributed by atoms with Gasteiger partial charge in [-0.15, -0.1) is 0 Å². The van der Waals surface area contributed by atoms with Crippen LogP contribution in [0.15, 0.2) is 18.2 Å². The number of rotatable bonds is 3. The lowest BCUT2D eigenvalue weighted by Crippen LogP contribution is -2.39. The lowest BCUT2D eigenvalue weighted by atomic mass is 9.95. The maximum Gasteiger partial charge on any atom is 0.391 e. The van der Waals surface area contributed by atoms with E-state index >= 15 is 0 Å². The Morgan fingerprint density at radius 2 is 1.90 bits per heavy atom. The number of hydrogen-bond donors (Lipinski definition) is 1. The molecule has 1 unspecified atom stereocenters. The fourth-order valence-corrected chi connectivity index (χ4v) is 2.85. The van der Waals surface area contributed by atoms with E-state index in [9.17, 15) is 18.3 Å². The predicted octanol–water partition coefficient (Wildman–Crippen LogP) is 3.53. The quantitative estimate of drug-likeness (QED) is 0.927. The van der Waals surface area contributed by atoms with Crippen LogP contribution in [-0.4, -0.2) is 31.5 Å². The second-order valence-corrected chi connectivity index (χ2v) is 5.37. The molecule has 1 atom stereocenters. The highest BCUT2D eigenvalue weighted by Crippen LogP contribution is 2.39. The smallest absolute Gasteiger partial charge is 0.391 e. The average molecular weight is 303 g/mol. The minimum absolute atomic E-state index is 0.0833. The van der Waals surface area contributed by atoms with E-state index in [2.05, 4.69) is 0 Å². The van der Waals surface area contributed by atoms with Crippen LogP contribution >= 0.6 is 0 Å². The summed E-state index contributed by atoms with van der Waals surface area (Å²) < 4.78 is 43.4. The van der Waals surface area contributed by atoms with Gasteiger partial charge in [-0.3, -0.25) is 0 Å². The number of aliphatic hydroxyl groups excluding tert-OH is 1. The molecule has 0 spiro atoms. The first-order chi connectivity index (χ1) is 9.84. The lowest BCUT2D eigenvalue weighted by molar-refractivity contribution is -0.179. The van der Waals surface area contributed by atoms with Crippen molar-refractivity contribution in [3.8, 4) is 5.75 Å². The topological polar surface area (TPSA) is 32.7 Å². The van der Waals surface area contributed by atoms with Gasteiger partial charge in [-0.05, 0) is 31.9 Å². The molecular weight excluding hydrogens is 283 g/mol. The van der Waals surface area contributed by atoms with Gasteiger partial charge in [0.1, 0.15) is 5.75 Å². The molecule has 0 saturated carbocycles. The van der Waals surface area contributed by atoms with Crippen molar-refractivity contribution in [2.45, 2.75) is 32.0 Å². The van der Waals surface area contributed by atoms with E-state index in [4.69, 9.17) is 4.74 Å². The van der Waals surface area contributed by atoms with Crippen molar-refractivity contribution in [3.63, 3.8) is 0 Å². The number of anilines is 1. The van der Waals surface area contributed by atoms with Crippen LogP contribution < -0.4 is 9.64 Å². The summed E-state index contributed by atoms with van der Waals surface area (Å²) in [6.45, 7) is 2.29. The van der Waals surface area contributed by atoms with Crippen LogP contribution in [0.1, 0.15) is 31.4 Å². The standard InChI is InChI=1S/C15H20F3NO2/c1-10(20)14-12(4-3-5-13(14)21-2)19-8-6-11(7-9-19)15(16,17)18/h3-5,10-11,20H,6-9H2,1-2H3. The summed E-state index contributed by atoms with van der Waals surface area (Å²) >= 11 is 0. The summed E-state index contributed by atoms with van der Waals surface area (Å²) in [6.07, 6.45) is -4.69. The Balaban J connectivity index is 2.21. The van der Waals surface area contributed by atoms with Crippen LogP contribution in [0.25, 0.3) is 0 Å². The number of piperidine rings is 1. The Morgan fingerprint density at radius 3 is 2.38 bits per heavy atom. The fourth-order valence-electron chi connectivity index (χ4n) is 2.85. The van der Waals surface area contributed by atoms with Crippen molar-refractivity contribution in [1.82, 2.24) is 0 Å². The van der Waals surface area contributed by atoms with Crippen molar-refractivity contribution in [2.24, 2.45) is 5.92 Å². The maximum absolute atomic E-state index is 12.7. The number of ether oxygens (including phenoxy) is 1. The molecule has 1 fully saturated rings. The van der Waals surface area contributed by atoms with E-state index in [1.54, 1.807) is 19.1 Å². The third-order valence-electron chi connectivity index (χ3n) is 3.98. The zero-order valence-electron chi connectivity index (χ0n) is 12.2. The van der Waals surface area contributed by atoms with Crippen molar-refractivity contribution in [3.05, 3.63) is 23.8 Å². The molecule has 0 aliphatic carbocycles. The second kappa shape index (κ2) is 6.13. The summed E-state index contributed by atoms with van der Waals surface area (Å²) in [5.41, 5.74) is 1.38. The van der Waals surface area contributed by atoms with E-state index in [0.29, 0.717) is 24.4 Å². The van der Waals surface area contributed by atoms with Crippen molar-refractivity contribution < 1.29 is 23.0 Å². The van der Waals surface area contributed by atoms with Crippen LogP contribution in [0.5, 0.6) is 5.75 Å². The zero-order valence-corrected chi connectivity index (χ0v) is 12.2. The highest BCUT2D eigenvalue weighted by atomic mass is 19.4. The molecular formula is C15H20F3NO2. The molecule has 21 heavy (non-hydrogen) atoms. The normalized spacial score (nSPS) is 18.7. The Kier molecular flexibility index (Phi) is 4.66. The van der Waals surface area contributed by atoms with Crippen LogP contribution in [-0.2, 0) is 0 Å². The Morgan fingerprint density at radius 1 is 1.29 bits per heavy atom. The first-order valence-corrected chi connectivity index (χ1v) is 7.01. The minimum atomic E-state index is -4.12. The molecule has 0 bridgehead atoms. The molecule has 3 nitrogen and oxygen atoms in total. The zero-order chi connectivity index (χ0) is 15.6. The monoisotopic (exact) mass is 303 g/mol. The molecule has 1 saturated heterocycles. The van der Waals surface area contributed by atoms with E-state index in [1.165, 1.54) is 7.11 Å². The number of benzene rings is 1. The third kappa shape index (κ3) is 3.43. The SMILES string of the molecule is COc1cccc(N2CCC(C(F)(F)F)CC2)c1C(C)O. The van der Waals surface area contributed by atoms with Gasteiger partial charge in [0.05, 0.1) is 19.1 Å². The summed E-state index contributed by atoms with van der Waals surface area (Å²) in [5.74, 6) is -0.671. The van der Waals surface area contributed by atoms with Gasteiger partial charge in [0.2, 0.25) is 0 Å². The molecule has 118 valence electrons. The average Bonchev–Trinajstić information content (AvgIpc) is 2.45. The molecule has 0 amide bonds. The van der Waals surface area contributed by atoms with Crippen molar-refractivity contribution in [1.29, 1.82) is 0 Å². The number of nitrogens with zero attached hydrogens (tertiary/aromatic N) is 1. The van der Waals surface area contributed by atoms with Crippen LogP contribution in [0, 0.1) is 5.92 Å². The molecule has 1 aromatic carbocycles. The van der Waals surface area contributed by atoms with Gasteiger partial charge in [-0.25, -0.2) is 0 Å². The number of methoxy groups -OCH3 is 1. The van der Waals surface area contributed by atoms with Gasteiger partial charge in [0.15, 0.2) is 0 Å². The van der Waals surface area contributed by atoms with Crippen molar-refractivity contribution in [2.75, 3.05) is 25.1 Å². The van der Waals surface area contributed by atoms with Crippen LogP contribution in [0.3, 0.4) is 0 Å². The Bertz CT molecular complexity index is 480. The highest BCUT2D eigenvalue weighted by molar-refractivity contribution is 5.60. The van der Waals surface area contributed by atoms with Gasteiger partial charge >= 0.3 is 6.18 Å². The molecule has 0 radical (unpaired) electrons. The Labute approximate surface area is 122 Å². The van der Waals surface area contributed by atoms with Gasteiger partial charge in [-0.2, -0.15) is 13.2 Å².